The van der Waals surface area contributed by atoms with E-state index in [1.165, 1.54) is 0 Å². The molecule has 4 rings (SSSR count). The quantitative estimate of drug-likeness (QED) is 0.694. The van der Waals surface area contributed by atoms with Gasteiger partial charge in [0.25, 0.3) is 0 Å². The van der Waals surface area contributed by atoms with Crippen LogP contribution < -0.4 is 28.4 Å². The lowest BCUT2D eigenvalue weighted by atomic mass is 9.66. The number of methoxy groups -OCH3 is 6. The highest BCUT2D eigenvalue weighted by molar-refractivity contribution is 5.65. The Bertz CT molecular complexity index is 963. The standard InChI is InChI=1S/C24H30O8/c1-26-16-7-12(8-17(27-2)22(16)29-4)19-14-10-32-11-15(14)21(25)13-9-18(28-3)23(30-5)24(31-6)20(13)19/h7-9,14-15,19,21,25H,10-11H2,1-6H3. The predicted molar refractivity (Wildman–Crippen MR) is 117 cm³/mol. The zero-order valence-electron chi connectivity index (χ0n) is 19.3. The van der Waals surface area contributed by atoms with Gasteiger partial charge in [0.15, 0.2) is 23.0 Å². The Balaban J connectivity index is 2.02. The van der Waals surface area contributed by atoms with Gasteiger partial charge in [-0.1, -0.05) is 0 Å². The summed E-state index contributed by atoms with van der Waals surface area (Å²) in [5.41, 5.74) is 2.53. The second kappa shape index (κ2) is 8.96. The molecular weight excluding hydrogens is 416 g/mol. The average molecular weight is 446 g/mol. The van der Waals surface area contributed by atoms with E-state index in [1.807, 2.05) is 18.2 Å². The Morgan fingerprint density at radius 1 is 0.688 bits per heavy atom. The van der Waals surface area contributed by atoms with Crippen LogP contribution in [-0.2, 0) is 4.74 Å². The van der Waals surface area contributed by atoms with Crippen molar-refractivity contribution < 1.29 is 38.3 Å². The molecule has 4 atom stereocenters. The van der Waals surface area contributed by atoms with E-state index in [9.17, 15) is 5.11 Å². The Labute approximate surface area is 187 Å². The molecule has 0 bridgehead atoms. The summed E-state index contributed by atoms with van der Waals surface area (Å²) < 4.78 is 39.6. The minimum Gasteiger partial charge on any atom is -0.493 e. The third-order valence-electron chi connectivity index (χ3n) is 6.58. The smallest absolute Gasteiger partial charge is 0.203 e. The number of aliphatic hydroxyl groups is 1. The van der Waals surface area contributed by atoms with E-state index in [1.54, 1.807) is 42.7 Å². The van der Waals surface area contributed by atoms with Crippen molar-refractivity contribution in [3.05, 3.63) is 34.9 Å². The molecule has 174 valence electrons. The molecule has 1 aliphatic carbocycles. The van der Waals surface area contributed by atoms with Crippen molar-refractivity contribution in [2.24, 2.45) is 11.8 Å². The summed E-state index contributed by atoms with van der Waals surface area (Å²) in [6, 6.07) is 5.72. The monoisotopic (exact) mass is 446 g/mol. The molecule has 2 aliphatic rings. The van der Waals surface area contributed by atoms with Gasteiger partial charge in [-0.25, -0.2) is 0 Å². The summed E-state index contributed by atoms with van der Waals surface area (Å²) in [6.07, 6.45) is -0.718. The van der Waals surface area contributed by atoms with Gasteiger partial charge in [0.1, 0.15) is 0 Å². The summed E-state index contributed by atoms with van der Waals surface area (Å²) in [4.78, 5) is 0. The molecule has 0 spiro atoms. The van der Waals surface area contributed by atoms with Crippen molar-refractivity contribution in [1.29, 1.82) is 0 Å². The molecular formula is C24H30O8. The molecule has 1 aliphatic heterocycles. The maximum Gasteiger partial charge on any atom is 0.203 e. The largest absolute Gasteiger partial charge is 0.493 e. The molecule has 0 aromatic heterocycles. The number of ether oxygens (including phenoxy) is 7. The molecule has 2 aromatic rings. The Hall–Kier alpha value is -2.84. The van der Waals surface area contributed by atoms with Crippen molar-refractivity contribution in [3.8, 4) is 34.5 Å². The van der Waals surface area contributed by atoms with Gasteiger partial charge in [-0.2, -0.15) is 0 Å². The predicted octanol–water partition coefficient (Wildman–Crippen LogP) is 3.18. The van der Waals surface area contributed by atoms with E-state index < -0.39 is 6.10 Å². The topological polar surface area (TPSA) is 84.8 Å². The van der Waals surface area contributed by atoms with Crippen LogP contribution >= 0.6 is 0 Å². The van der Waals surface area contributed by atoms with Gasteiger partial charge in [0, 0.05) is 23.3 Å². The van der Waals surface area contributed by atoms with Crippen LogP contribution in [-0.4, -0.2) is 61.0 Å². The van der Waals surface area contributed by atoms with E-state index in [4.69, 9.17) is 33.2 Å². The highest BCUT2D eigenvalue weighted by atomic mass is 16.5. The summed E-state index contributed by atoms with van der Waals surface area (Å²) in [6.45, 7) is 0.989. The van der Waals surface area contributed by atoms with Crippen LogP contribution in [0.4, 0.5) is 0 Å². The molecule has 4 unspecified atom stereocenters. The van der Waals surface area contributed by atoms with Gasteiger partial charge in [-0.05, 0) is 29.3 Å². The third-order valence-corrected chi connectivity index (χ3v) is 6.58. The van der Waals surface area contributed by atoms with Crippen LogP contribution in [0.25, 0.3) is 0 Å². The molecule has 8 heteroatoms. The SMILES string of the molecule is COc1cc(C2c3c(cc(OC)c(OC)c3OC)C(O)C3COCC23)cc(OC)c1OC. The van der Waals surface area contributed by atoms with Crippen LogP contribution in [0.3, 0.4) is 0 Å². The Morgan fingerprint density at radius 3 is 1.75 bits per heavy atom. The Kier molecular flexibility index (Phi) is 6.26. The maximum absolute atomic E-state index is 11.3. The molecule has 1 heterocycles. The number of benzene rings is 2. The fourth-order valence-electron chi connectivity index (χ4n) is 5.16. The molecule has 0 saturated carbocycles. The Morgan fingerprint density at radius 2 is 1.22 bits per heavy atom. The minimum atomic E-state index is -0.718. The molecule has 1 fully saturated rings. The zero-order valence-corrected chi connectivity index (χ0v) is 19.3. The van der Waals surface area contributed by atoms with Crippen LogP contribution in [0.5, 0.6) is 34.5 Å². The van der Waals surface area contributed by atoms with Crippen LogP contribution in [0.1, 0.15) is 28.7 Å². The summed E-state index contributed by atoms with van der Waals surface area (Å²) in [5, 5.41) is 11.3. The summed E-state index contributed by atoms with van der Waals surface area (Å²) >= 11 is 0. The van der Waals surface area contributed by atoms with Gasteiger partial charge in [-0.15, -0.1) is 0 Å². The van der Waals surface area contributed by atoms with Crippen molar-refractivity contribution in [3.63, 3.8) is 0 Å². The van der Waals surface area contributed by atoms with Gasteiger partial charge in [0.2, 0.25) is 11.5 Å². The van der Waals surface area contributed by atoms with Crippen molar-refractivity contribution in [2.45, 2.75) is 12.0 Å². The van der Waals surface area contributed by atoms with Crippen LogP contribution in [0.2, 0.25) is 0 Å². The molecule has 1 N–H and O–H groups in total. The normalized spacial score (nSPS) is 23.7. The highest BCUT2D eigenvalue weighted by Crippen LogP contribution is 2.58. The molecule has 8 nitrogen and oxygen atoms in total. The number of rotatable bonds is 7. The second-order valence-corrected chi connectivity index (χ2v) is 7.89. The van der Waals surface area contributed by atoms with Crippen molar-refractivity contribution >= 4 is 0 Å². The van der Waals surface area contributed by atoms with Crippen molar-refractivity contribution in [1.82, 2.24) is 0 Å². The van der Waals surface area contributed by atoms with Gasteiger partial charge in [-0.3, -0.25) is 0 Å². The number of aliphatic hydroxyl groups excluding tert-OH is 1. The average Bonchev–Trinajstić information content (AvgIpc) is 3.32. The molecule has 1 saturated heterocycles. The fraction of sp³-hybridized carbons (Fsp3) is 0.500. The maximum atomic E-state index is 11.3. The van der Waals surface area contributed by atoms with E-state index in [0.717, 1.165) is 16.7 Å². The third kappa shape index (κ3) is 3.29. The summed E-state index contributed by atoms with van der Waals surface area (Å²) in [7, 11) is 9.49. The van der Waals surface area contributed by atoms with Crippen molar-refractivity contribution in [2.75, 3.05) is 55.9 Å². The number of fused-ring (bicyclic) bond motifs is 2. The first kappa shape index (κ1) is 22.4. The first-order valence-electron chi connectivity index (χ1n) is 10.4. The van der Waals surface area contributed by atoms with Gasteiger partial charge in [0.05, 0.1) is 62.0 Å². The molecule has 2 aromatic carbocycles. The van der Waals surface area contributed by atoms with Crippen LogP contribution in [0, 0.1) is 11.8 Å². The molecule has 0 radical (unpaired) electrons. The van der Waals surface area contributed by atoms with E-state index in [-0.39, 0.29) is 17.8 Å². The molecule has 0 amide bonds. The van der Waals surface area contributed by atoms with Crippen LogP contribution in [0.15, 0.2) is 18.2 Å². The zero-order chi connectivity index (χ0) is 23.0. The minimum absolute atomic E-state index is 0.0207. The van der Waals surface area contributed by atoms with E-state index >= 15 is 0 Å². The molecule has 32 heavy (non-hydrogen) atoms. The lowest BCUT2D eigenvalue weighted by molar-refractivity contribution is 0.0676. The van der Waals surface area contributed by atoms with Gasteiger partial charge >= 0.3 is 0 Å². The summed E-state index contributed by atoms with van der Waals surface area (Å²) in [5.74, 6) is 2.94. The highest BCUT2D eigenvalue weighted by Gasteiger charge is 2.48. The first-order chi connectivity index (χ1) is 15.5. The van der Waals surface area contributed by atoms with E-state index in [0.29, 0.717) is 47.7 Å². The number of hydrogen-bond donors (Lipinski definition) is 1. The van der Waals surface area contributed by atoms with E-state index in [2.05, 4.69) is 0 Å². The first-order valence-corrected chi connectivity index (χ1v) is 10.4. The lowest BCUT2D eigenvalue weighted by Gasteiger charge is -2.39. The lowest BCUT2D eigenvalue weighted by Crippen LogP contribution is -2.33. The number of hydrogen-bond acceptors (Lipinski definition) is 8. The second-order valence-electron chi connectivity index (χ2n) is 7.89. The fourth-order valence-corrected chi connectivity index (χ4v) is 5.16. The van der Waals surface area contributed by atoms with Gasteiger partial charge < -0.3 is 38.3 Å².